The van der Waals surface area contributed by atoms with Crippen LogP contribution < -0.4 is 10.6 Å². The Kier molecular flexibility index (Phi) is 7.33. The Bertz CT molecular complexity index is 1480. The standard InChI is InChI=1S/C32H29N3O3/c1-35(20-22-9-5-3-6-10-22)21-23-13-16-26(17-14-23)33-30(24-11-7-4-8-12-24)29-27-18-15-25(32(37)38-2)19-28(27)34-31(29)36/h3-19,33H,20-21H2,1-2H3,(H,34,36). The molecule has 0 saturated carbocycles. The van der Waals surface area contributed by atoms with Gasteiger partial charge < -0.3 is 15.4 Å². The fourth-order valence-corrected chi connectivity index (χ4v) is 4.65. The molecule has 0 radical (unpaired) electrons. The Morgan fingerprint density at radius 1 is 0.816 bits per heavy atom. The quantitative estimate of drug-likeness (QED) is 0.227. The van der Waals surface area contributed by atoms with Crippen LogP contribution >= 0.6 is 0 Å². The van der Waals surface area contributed by atoms with Gasteiger partial charge >= 0.3 is 5.97 Å². The van der Waals surface area contributed by atoms with E-state index < -0.39 is 5.97 Å². The summed E-state index contributed by atoms with van der Waals surface area (Å²) in [6.07, 6.45) is 0. The number of nitrogens with zero attached hydrogens (tertiary/aromatic N) is 1. The molecule has 0 unspecified atom stereocenters. The van der Waals surface area contributed by atoms with E-state index in [1.165, 1.54) is 18.2 Å². The van der Waals surface area contributed by atoms with Crippen LogP contribution in [0, 0.1) is 0 Å². The van der Waals surface area contributed by atoms with E-state index in [0.29, 0.717) is 22.5 Å². The summed E-state index contributed by atoms with van der Waals surface area (Å²) >= 11 is 0. The molecule has 0 atom stereocenters. The molecule has 6 nitrogen and oxygen atoms in total. The van der Waals surface area contributed by atoms with E-state index in [4.69, 9.17) is 4.74 Å². The fraction of sp³-hybridized carbons (Fsp3) is 0.125. The minimum Gasteiger partial charge on any atom is -0.465 e. The highest BCUT2D eigenvalue weighted by Gasteiger charge is 2.29. The smallest absolute Gasteiger partial charge is 0.337 e. The van der Waals surface area contributed by atoms with Crippen LogP contribution in [0.2, 0.25) is 0 Å². The number of esters is 1. The van der Waals surface area contributed by atoms with Gasteiger partial charge in [0.25, 0.3) is 5.91 Å². The number of hydrogen-bond donors (Lipinski definition) is 2. The molecule has 2 N–H and O–H groups in total. The second-order valence-corrected chi connectivity index (χ2v) is 9.30. The number of anilines is 2. The van der Waals surface area contributed by atoms with Crippen molar-refractivity contribution in [3.63, 3.8) is 0 Å². The van der Waals surface area contributed by atoms with Gasteiger partial charge in [-0.05, 0) is 48.0 Å². The van der Waals surface area contributed by atoms with E-state index in [1.807, 2.05) is 48.5 Å². The van der Waals surface area contributed by atoms with E-state index in [0.717, 1.165) is 29.9 Å². The molecular weight excluding hydrogens is 474 g/mol. The molecule has 1 amide bonds. The summed E-state index contributed by atoms with van der Waals surface area (Å²) in [6.45, 7) is 1.69. The van der Waals surface area contributed by atoms with Gasteiger partial charge in [-0.15, -0.1) is 0 Å². The molecule has 4 aromatic rings. The van der Waals surface area contributed by atoms with Crippen molar-refractivity contribution in [2.24, 2.45) is 0 Å². The van der Waals surface area contributed by atoms with Crippen molar-refractivity contribution in [2.45, 2.75) is 13.1 Å². The van der Waals surface area contributed by atoms with Gasteiger partial charge in [0.15, 0.2) is 0 Å². The number of hydrogen-bond acceptors (Lipinski definition) is 5. The van der Waals surface area contributed by atoms with E-state index in [9.17, 15) is 9.59 Å². The maximum atomic E-state index is 13.2. The Morgan fingerprint density at radius 3 is 2.11 bits per heavy atom. The van der Waals surface area contributed by atoms with E-state index >= 15 is 0 Å². The third kappa shape index (κ3) is 5.51. The molecule has 0 saturated heterocycles. The Balaban J connectivity index is 1.42. The monoisotopic (exact) mass is 503 g/mol. The number of carbonyl (C=O) groups is 2. The fourth-order valence-electron chi connectivity index (χ4n) is 4.65. The first kappa shape index (κ1) is 25.0. The summed E-state index contributed by atoms with van der Waals surface area (Å²) in [4.78, 5) is 27.5. The molecule has 1 aliphatic heterocycles. The minimum atomic E-state index is -0.449. The first-order chi connectivity index (χ1) is 18.5. The SMILES string of the molecule is COC(=O)c1ccc2c(c1)NC(=O)C2=C(Nc1ccc(CN(C)Cc2ccccc2)cc1)c1ccccc1. The molecule has 0 spiro atoms. The van der Waals surface area contributed by atoms with Crippen molar-refractivity contribution in [3.05, 3.63) is 131 Å². The maximum absolute atomic E-state index is 13.2. The lowest BCUT2D eigenvalue weighted by atomic mass is 9.99. The number of carbonyl (C=O) groups excluding carboxylic acids is 2. The van der Waals surface area contributed by atoms with Gasteiger partial charge in [0.1, 0.15) is 0 Å². The lowest BCUT2D eigenvalue weighted by Crippen LogP contribution is -2.17. The summed E-state index contributed by atoms with van der Waals surface area (Å²) in [5, 5.41) is 6.39. The lowest BCUT2D eigenvalue weighted by Gasteiger charge is -2.18. The van der Waals surface area contributed by atoms with Gasteiger partial charge in [0, 0.05) is 24.3 Å². The number of amides is 1. The molecule has 38 heavy (non-hydrogen) atoms. The van der Waals surface area contributed by atoms with Crippen LogP contribution in [0.1, 0.15) is 32.6 Å². The van der Waals surface area contributed by atoms with Gasteiger partial charge in [0.2, 0.25) is 0 Å². The number of rotatable bonds is 8. The molecule has 6 heteroatoms. The number of nitrogens with one attached hydrogen (secondary N) is 2. The Labute approximate surface area is 222 Å². The molecule has 0 aliphatic carbocycles. The molecule has 5 rings (SSSR count). The maximum Gasteiger partial charge on any atom is 0.337 e. The zero-order valence-electron chi connectivity index (χ0n) is 21.4. The minimum absolute atomic E-state index is 0.229. The highest BCUT2D eigenvalue weighted by Crippen LogP contribution is 2.38. The predicted molar refractivity (Wildman–Crippen MR) is 151 cm³/mol. The van der Waals surface area contributed by atoms with Crippen LogP contribution in [0.25, 0.3) is 11.3 Å². The number of benzene rings is 4. The summed E-state index contributed by atoms with van der Waals surface area (Å²) < 4.78 is 4.83. The van der Waals surface area contributed by atoms with Crippen molar-refractivity contribution in [3.8, 4) is 0 Å². The summed E-state index contributed by atoms with van der Waals surface area (Å²) in [7, 11) is 3.45. The summed E-state index contributed by atoms with van der Waals surface area (Å²) in [6, 6.07) is 33.5. The van der Waals surface area contributed by atoms with Crippen molar-refractivity contribution >= 4 is 34.5 Å². The Hall–Kier alpha value is -4.68. The predicted octanol–water partition coefficient (Wildman–Crippen LogP) is 6.04. The van der Waals surface area contributed by atoms with Crippen molar-refractivity contribution < 1.29 is 14.3 Å². The lowest BCUT2D eigenvalue weighted by molar-refractivity contribution is -0.110. The highest BCUT2D eigenvalue weighted by atomic mass is 16.5. The topological polar surface area (TPSA) is 70.7 Å². The van der Waals surface area contributed by atoms with Gasteiger partial charge in [-0.2, -0.15) is 0 Å². The molecule has 190 valence electrons. The zero-order valence-corrected chi connectivity index (χ0v) is 21.4. The summed E-state index contributed by atoms with van der Waals surface area (Å²) in [5.74, 6) is -0.678. The second-order valence-electron chi connectivity index (χ2n) is 9.30. The number of ether oxygens (including phenoxy) is 1. The van der Waals surface area contributed by atoms with Crippen molar-refractivity contribution in [1.82, 2.24) is 4.90 Å². The van der Waals surface area contributed by atoms with Crippen LogP contribution in [-0.2, 0) is 22.6 Å². The van der Waals surface area contributed by atoms with Gasteiger partial charge in [-0.3, -0.25) is 9.69 Å². The molecule has 0 fully saturated rings. The Morgan fingerprint density at radius 2 is 1.45 bits per heavy atom. The van der Waals surface area contributed by atoms with Crippen LogP contribution in [0.4, 0.5) is 11.4 Å². The average Bonchev–Trinajstić information content (AvgIpc) is 3.27. The van der Waals surface area contributed by atoms with Crippen molar-refractivity contribution in [2.75, 3.05) is 24.8 Å². The van der Waals surface area contributed by atoms with Crippen LogP contribution in [-0.4, -0.2) is 30.9 Å². The third-order valence-electron chi connectivity index (χ3n) is 6.47. The van der Waals surface area contributed by atoms with Crippen molar-refractivity contribution in [1.29, 1.82) is 0 Å². The van der Waals surface area contributed by atoms with E-state index in [-0.39, 0.29) is 5.91 Å². The number of methoxy groups -OCH3 is 1. The van der Waals surface area contributed by atoms with Crippen LogP contribution in [0.5, 0.6) is 0 Å². The average molecular weight is 504 g/mol. The normalized spacial score (nSPS) is 13.6. The zero-order chi connectivity index (χ0) is 26.5. The largest absolute Gasteiger partial charge is 0.465 e. The molecular formula is C32H29N3O3. The molecule has 4 aromatic carbocycles. The highest BCUT2D eigenvalue weighted by molar-refractivity contribution is 6.37. The molecule has 1 heterocycles. The molecule has 1 aliphatic rings. The molecule has 0 aromatic heterocycles. The first-order valence-corrected chi connectivity index (χ1v) is 12.4. The van der Waals surface area contributed by atoms with Gasteiger partial charge in [-0.25, -0.2) is 4.79 Å². The number of fused-ring (bicyclic) bond motifs is 1. The second kappa shape index (κ2) is 11.2. The summed E-state index contributed by atoms with van der Waals surface area (Å²) in [5.41, 5.74) is 7.15. The van der Waals surface area contributed by atoms with Gasteiger partial charge in [-0.1, -0.05) is 78.9 Å². The molecule has 0 bridgehead atoms. The first-order valence-electron chi connectivity index (χ1n) is 12.4. The van der Waals surface area contributed by atoms with E-state index in [1.54, 1.807) is 18.2 Å². The van der Waals surface area contributed by atoms with Crippen LogP contribution in [0.15, 0.2) is 103 Å². The van der Waals surface area contributed by atoms with E-state index in [2.05, 4.69) is 59.0 Å². The van der Waals surface area contributed by atoms with Gasteiger partial charge in [0.05, 0.1) is 29.6 Å². The third-order valence-corrected chi connectivity index (χ3v) is 6.47. The van der Waals surface area contributed by atoms with Crippen LogP contribution in [0.3, 0.4) is 0 Å².